The fourth-order valence-electron chi connectivity index (χ4n) is 1.92. The molecular weight excluding hydrogens is 308 g/mol. The number of para-hydroxylation sites is 2. The molecule has 0 amide bonds. The summed E-state index contributed by atoms with van der Waals surface area (Å²) in [5.41, 5.74) is 6.36. The maximum atomic E-state index is 12.6. The Balaban J connectivity index is 2.12. The van der Waals surface area contributed by atoms with Crippen molar-refractivity contribution in [3.63, 3.8) is 0 Å². The SMILES string of the molecule is CO/N=C(\C(=O)n1n[n+]([O-])c2ccccc21)c1csc(N)n1. The van der Waals surface area contributed by atoms with E-state index in [9.17, 15) is 10.0 Å². The molecule has 22 heavy (non-hydrogen) atoms. The van der Waals surface area contributed by atoms with Gasteiger partial charge in [0.2, 0.25) is 16.7 Å². The molecule has 3 rings (SSSR count). The normalized spacial score (nSPS) is 11.8. The molecular formula is C12H10N6O3S. The molecule has 1 aromatic carbocycles. The monoisotopic (exact) mass is 318 g/mol. The Morgan fingerprint density at radius 3 is 2.95 bits per heavy atom. The third-order valence-electron chi connectivity index (χ3n) is 2.83. The van der Waals surface area contributed by atoms with Gasteiger partial charge in [-0.1, -0.05) is 22.0 Å². The first-order valence-electron chi connectivity index (χ1n) is 6.06. The van der Waals surface area contributed by atoms with Gasteiger partial charge in [0.25, 0.3) is 0 Å². The minimum Gasteiger partial charge on any atom is -0.691 e. The molecule has 0 unspecified atom stereocenters. The Morgan fingerprint density at radius 2 is 2.27 bits per heavy atom. The second-order valence-electron chi connectivity index (χ2n) is 4.16. The van der Waals surface area contributed by atoms with Crippen LogP contribution in [-0.4, -0.2) is 33.6 Å². The van der Waals surface area contributed by atoms with Crippen LogP contribution in [-0.2, 0) is 4.84 Å². The number of carbonyl (C=O) groups excluding carboxylic acids is 1. The molecule has 0 radical (unpaired) electrons. The zero-order valence-corrected chi connectivity index (χ0v) is 12.1. The average Bonchev–Trinajstić information content (AvgIpc) is 3.09. The van der Waals surface area contributed by atoms with Crippen molar-refractivity contribution in [2.75, 3.05) is 12.8 Å². The van der Waals surface area contributed by atoms with Gasteiger partial charge < -0.3 is 15.8 Å². The van der Waals surface area contributed by atoms with Crippen molar-refractivity contribution in [3.05, 3.63) is 40.5 Å². The van der Waals surface area contributed by atoms with E-state index in [1.165, 1.54) is 7.11 Å². The molecule has 0 aliphatic carbocycles. The van der Waals surface area contributed by atoms with Crippen LogP contribution in [0.25, 0.3) is 11.0 Å². The summed E-state index contributed by atoms with van der Waals surface area (Å²) < 4.78 is 0.954. The van der Waals surface area contributed by atoms with Gasteiger partial charge in [-0.2, -0.15) is 0 Å². The first-order valence-corrected chi connectivity index (χ1v) is 6.94. The molecule has 0 spiro atoms. The van der Waals surface area contributed by atoms with Crippen LogP contribution in [0.2, 0.25) is 0 Å². The molecule has 112 valence electrons. The number of nitrogens with zero attached hydrogens (tertiary/aromatic N) is 5. The number of oxime groups is 1. The quantitative estimate of drug-likeness (QED) is 0.323. The van der Waals surface area contributed by atoms with E-state index in [-0.39, 0.29) is 22.1 Å². The van der Waals surface area contributed by atoms with Crippen LogP contribution in [0.1, 0.15) is 10.5 Å². The lowest BCUT2D eigenvalue weighted by molar-refractivity contribution is -0.645. The summed E-state index contributed by atoms with van der Waals surface area (Å²) >= 11 is 1.16. The standard InChI is InChI=1S/C12H10N6O3S/c1-21-15-10(7-6-22-12(13)14-7)11(19)17-8-4-2-3-5-9(8)18(20)16-17/h2-6H,1H3,(H2,13,14)/b15-10-. The highest BCUT2D eigenvalue weighted by atomic mass is 32.1. The summed E-state index contributed by atoms with van der Waals surface area (Å²) in [5.74, 6) is -0.641. The van der Waals surface area contributed by atoms with Crippen molar-refractivity contribution in [3.8, 4) is 0 Å². The highest BCUT2D eigenvalue weighted by molar-refractivity contribution is 7.13. The van der Waals surface area contributed by atoms with Crippen LogP contribution in [0.15, 0.2) is 34.8 Å². The highest BCUT2D eigenvalue weighted by Gasteiger charge is 2.29. The number of hydrogen-bond acceptors (Lipinski definition) is 8. The van der Waals surface area contributed by atoms with E-state index in [1.807, 2.05) is 0 Å². The van der Waals surface area contributed by atoms with Crippen molar-refractivity contribution < 1.29 is 14.5 Å². The Labute approximate surface area is 127 Å². The lowest BCUT2D eigenvalue weighted by atomic mass is 10.2. The lowest BCUT2D eigenvalue weighted by Gasteiger charge is -1.97. The predicted molar refractivity (Wildman–Crippen MR) is 79.4 cm³/mol. The van der Waals surface area contributed by atoms with Crippen LogP contribution in [0.5, 0.6) is 0 Å². The van der Waals surface area contributed by atoms with E-state index in [4.69, 9.17) is 10.6 Å². The van der Waals surface area contributed by atoms with Gasteiger partial charge in [-0.3, -0.25) is 0 Å². The van der Waals surface area contributed by atoms with Crippen molar-refractivity contribution in [1.29, 1.82) is 0 Å². The molecule has 9 nitrogen and oxygen atoms in total. The zero-order chi connectivity index (χ0) is 15.7. The molecule has 10 heteroatoms. The third-order valence-corrected chi connectivity index (χ3v) is 3.50. The van der Waals surface area contributed by atoms with Gasteiger partial charge in [0.1, 0.15) is 18.0 Å². The maximum Gasteiger partial charge on any atom is 0.390 e. The number of nitrogen functional groups attached to an aromatic ring is 1. The molecule has 3 aromatic rings. The van der Waals surface area contributed by atoms with Gasteiger partial charge in [-0.05, 0) is 12.1 Å². The minimum atomic E-state index is -0.641. The van der Waals surface area contributed by atoms with Gasteiger partial charge in [0.15, 0.2) is 5.13 Å². The summed E-state index contributed by atoms with van der Waals surface area (Å²) in [4.78, 5) is 21.7. The van der Waals surface area contributed by atoms with Gasteiger partial charge >= 0.3 is 5.91 Å². The zero-order valence-electron chi connectivity index (χ0n) is 11.3. The van der Waals surface area contributed by atoms with E-state index in [1.54, 1.807) is 29.6 Å². The van der Waals surface area contributed by atoms with Crippen molar-refractivity contribution in [1.82, 2.24) is 14.9 Å². The van der Waals surface area contributed by atoms with E-state index in [0.717, 1.165) is 16.0 Å². The number of fused-ring (bicyclic) bond motifs is 1. The molecule has 0 fully saturated rings. The third kappa shape index (κ3) is 2.24. The predicted octanol–water partition coefficient (Wildman–Crippen LogP) is 0.399. The number of benzene rings is 1. The maximum absolute atomic E-state index is 12.6. The van der Waals surface area contributed by atoms with Gasteiger partial charge in [-0.25, -0.2) is 9.78 Å². The summed E-state index contributed by atoms with van der Waals surface area (Å²) in [6.45, 7) is 0. The second-order valence-corrected chi connectivity index (χ2v) is 5.05. The minimum absolute atomic E-state index is 0.0932. The van der Waals surface area contributed by atoms with Crippen LogP contribution in [0.3, 0.4) is 0 Å². The van der Waals surface area contributed by atoms with Gasteiger partial charge in [0.05, 0.1) is 0 Å². The van der Waals surface area contributed by atoms with Crippen LogP contribution >= 0.6 is 11.3 Å². The van der Waals surface area contributed by atoms with Crippen LogP contribution in [0.4, 0.5) is 5.13 Å². The van der Waals surface area contributed by atoms with Crippen LogP contribution in [0, 0.1) is 5.21 Å². The first kappa shape index (κ1) is 13.9. The van der Waals surface area contributed by atoms with E-state index in [2.05, 4.69) is 15.4 Å². The molecule has 0 aliphatic heterocycles. The molecule has 2 N–H and O–H groups in total. The second kappa shape index (κ2) is 5.41. The molecule has 2 aromatic heterocycles. The van der Waals surface area contributed by atoms with Crippen molar-refractivity contribution in [2.24, 2.45) is 5.16 Å². The molecule has 0 atom stereocenters. The number of thiazole rings is 1. The van der Waals surface area contributed by atoms with E-state index >= 15 is 0 Å². The number of nitrogens with two attached hydrogens (primary N) is 1. The number of rotatable bonds is 3. The Bertz CT molecular complexity index is 884. The van der Waals surface area contributed by atoms with E-state index in [0.29, 0.717) is 10.4 Å². The summed E-state index contributed by atoms with van der Waals surface area (Å²) in [7, 11) is 1.30. The van der Waals surface area contributed by atoms with E-state index < -0.39 is 5.91 Å². The number of aromatic nitrogens is 4. The fraction of sp³-hybridized carbons (Fsp3) is 0.0833. The Hall–Kier alpha value is -3.01. The van der Waals surface area contributed by atoms with Gasteiger partial charge in [-0.15, -0.1) is 16.2 Å². The van der Waals surface area contributed by atoms with Crippen molar-refractivity contribution >= 4 is 39.1 Å². The summed E-state index contributed by atoms with van der Waals surface area (Å²) in [5, 5.41) is 21.0. The Morgan fingerprint density at radius 1 is 1.50 bits per heavy atom. The summed E-state index contributed by atoms with van der Waals surface area (Å²) in [6, 6.07) is 6.54. The van der Waals surface area contributed by atoms with Crippen LogP contribution < -0.4 is 10.6 Å². The smallest absolute Gasteiger partial charge is 0.390 e. The topological polar surface area (TPSA) is 122 Å². The first-order chi connectivity index (χ1) is 10.6. The highest BCUT2D eigenvalue weighted by Crippen LogP contribution is 2.15. The van der Waals surface area contributed by atoms with Gasteiger partial charge in [0, 0.05) is 5.38 Å². The summed E-state index contributed by atoms with van der Waals surface area (Å²) in [6.07, 6.45) is 0. The lowest BCUT2D eigenvalue weighted by Crippen LogP contribution is -2.33. The molecule has 0 saturated carbocycles. The Kier molecular flexibility index (Phi) is 3.43. The molecule has 0 bridgehead atoms. The number of carbonyl (C=O) groups is 1. The number of hydrogen-bond donors (Lipinski definition) is 1. The number of anilines is 1. The fourth-order valence-corrected chi connectivity index (χ4v) is 2.46. The molecule has 2 heterocycles. The average molecular weight is 318 g/mol. The molecule has 0 saturated heterocycles. The van der Waals surface area contributed by atoms with Crippen molar-refractivity contribution in [2.45, 2.75) is 0 Å². The molecule has 0 aliphatic rings. The largest absolute Gasteiger partial charge is 0.691 e.